The Morgan fingerprint density at radius 2 is 1.73 bits per heavy atom. The quantitative estimate of drug-likeness (QED) is 0.413. The molecule has 2 aromatic carbocycles. The average Bonchev–Trinajstić information content (AvgIpc) is 3.32. The third-order valence-corrected chi connectivity index (χ3v) is 11.1. The van der Waals surface area contributed by atoms with E-state index in [0.717, 1.165) is 11.4 Å². The van der Waals surface area contributed by atoms with Gasteiger partial charge < -0.3 is 24.5 Å². The van der Waals surface area contributed by atoms with Crippen LogP contribution in [-0.2, 0) is 14.4 Å². The van der Waals surface area contributed by atoms with Crippen molar-refractivity contribution in [3.05, 3.63) is 77.9 Å². The number of hydrogen-bond acceptors (Lipinski definition) is 6. The summed E-state index contributed by atoms with van der Waals surface area (Å²) in [5.74, 6) is -1.25. The molecule has 232 valence electrons. The molecule has 0 aliphatic carbocycles. The smallest absolute Gasteiger partial charge is 0.251 e. The number of fused-ring (bicyclic) bond motifs is 2. The first-order valence-electron chi connectivity index (χ1n) is 15.3. The molecule has 2 fully saturated rings. The molecule has 10 heteroatoms. The minimum absolute atomic E-state index is 0.148. The van der Waals surface area contributed by atoms with Crippen LogP contribution in [0.25, 0.3) is 0 Å². The maximum atomic E-state index is 14.7. The number of hydrogen-bond donors (Lipinski definition) is 1. The first-order chi connectivity index (χ1) is 21.2. The number of aliphatic hydroxyl groups excluding tert-OH is 1. The van der Waals surface area contributed by atoms with Gasteiger partial charge >= 0.3 is 0 Å². The molecule has 1 unspecified atom stereocenters. The Hall–Kier alpha value is -3.27. The number of rotatable bonds is 8. The molecule has 0 saturated carbocycles. The van der Waals surface area contributed by atoms with E-state index in [1.54, 1.807) is 26.8 Å². The standard InChI is InChI=1S/C34H38ClN3O5S/c1-4-43-24-14-12-22(13-15-24)36-17-7-11-27-28(31(36)40)29-32(41)38(23(20-39)19-21(2)3)30-33(42)37(18-8-16-34(29,30)44-27)26-10-6-5-9-25(26)35/h5-16,21,23,27-30,39H,4,17-20H2,1-3H3/t23-,27-,28+,29+,30?,34+/m1/s1. The van der Waals surface area contributed by atoms with E-state index < -0.39 is 28.7 Å². The van der Waals surface area contributed by atoms with Gasteiger partial charge in [0.1, 0.15) is 11.8 Å². The van der Waals surface area contributed by atoms with Crippen LogP contribution >= 0.6 is 23.4 Å². The van der Waals surface area contributed by atoms with Crippen molar-refractivity contribution in [1.29, 1.82) is 0 Å². The van der Waals surface area contributed by atoms with E-state index in [-0.39, 0.29) is 42.0 Å². The van der Waals surface area contributed by atoms with E-state index in [1.165, 1.54) is 11.8 Å². The van der Waals surface area contributed by atoms with Gasteiger partial charge in [-0.3, -0.25) is 14.4 Å². The van der Waals surface area contributed by atoms with Crippen molar-refractivity contribution in [3.63, 3.8) is 0 Å². The topological polar surface area (TPSA) is 90.4 Å². The van der Waals surface area contributed by atoms with Gasteiger partial charge in [0.2, 0.25) is 11.8 Å². The fraction of sp³-hybridized carbons (Fsp3) is 0.441. The summed E-state index contributed by atoms with van der Waals surface area (Å²) in [5, 5.41) is 10.7. The van der Waals surface area contributed by atoms with Crippen molar-refractivity contribution in [1.82, 2.24) is 4.90 Å². The molecule has 1 spiro atoms. The second-order valence-corrected chi connectivity index (χ2v) is 14.1. The van der Waals surface area contributed by atoms with Crippen LogP contribution < -0.4 is 14.5 Å². The predicted molar refractivity (Wildman–Crippen MR) is 174 cm³/mol. The van der Waals surface area contributed by atoms with Crippen molar-refractivity contribution >= 4 is 52.5 Å². The van der Waals surface area contributed by atoms with Gasteiger partial charge in [0, 0.05) is 24.0 Å². The van der Waals surface area contributed by atoms with Crippen LogP contribution in [0.3, 0.4) is 0 Å². The van der Waals surface area contributed by atoms with Crippen LogP contribution in [-0.4, -0.2) is 76.1 Å². The summed E-state index contributed by atoms with van der Waals surface area (Å²) in [4.78, 5) is 48.9. The number of thioether (sulfide) groups is 1. The molecule has 0 aromatic heterocycles. The second kappa shape index (κ2) is 12.3. The molecular formula is C34H38ClN3O5S. The molecule has 6 rings (SSSR count). The molecule has 0 bridgehead atoms. The molecule has 0 radical (unpaired) electrons. The normalized spacial score (nSPS) is 28.6. The van der Waals surface area contributed by atoms with Gasteiger partial charge in [-0.25, -0.2) is 0 Å². The Kier molecular flexibility index (Phi) is 8.56. The number of aliphatic hydroxyl groups is 1. The Labute approximate surface area is 267 Å². The van der Waals surface area contributed by atoms with E-state index in [2.05, 4.69) is 0 Å². The maximum Gasteiger partial charge on any atom is 0.251 e. The first-order valence-corrected chi connectivity index (χ1v) is 16.5. The molecule has 6 atom stereocenters. The van der Waals surface area contributed by atoms with E-state index in [0.29, 0.717) is 30.3 Å². The van der Waals surface area contributed by atoms with E-state index in [4.69, 9.17) is 16.3 Å². The first kappa shape index (κ1) is 30.7. The van der Waals surface area contributed by atoms with Crippen LogP contribution in [0, 0.1) is 17.8 Å². The number of halogens is 1. The lowest BCUT2D eigenvalue weighted by Gasteiger charge is -2.39. The van der Waals surface area contributed by atoms with Crippen LogP contribution in [0.2, 0.25) is 5.02 Å². The highest BCUT2D eigenvalue weighted by atomic mass is 35.5. The molecular weight excluding hydrogens is 598 g/mol. The molecule has 4 aliphatic heterocycles. The van der Waals surface area contributed by atoms with Gasteiger partial charge in [0.05, 0.1) is 46.5 Å². The number of nitrogens with zero attached hydrogens (tertiary/aromatic N) is 3. The van der Waals surface area contributed by atoms with E-state index in [1.807, 2.05) is 81.5 Å². The van der Waals surface area contributed by atoms with Crippen LogP contribution in [0.1, 0.15) is 27.2 Å². The van der Waals surface area contributed by atoms with Gasteiger partial charge in [0.15, 0.2) is 0 Å². The Morgan fingerprint density at radius 3 is 2.41 bits per heavy atom. The third kappa shape index (κ3) is 5.03. The average molecular weight is 636 g/mol. The summed E-state index contributed by atoms with van der Waals surface area (Å²) in [6, 6.07) is 13.1. The van der Waals surface area contributed by atoms with Gasteiger partial charge in [-0.15, -0.1) is 11.8 Å². The molecule has 2 aromatic rings. The monoisotopic (exact) mass is 635 g/mol. The van der Waals surface area contributed by atoms with Crippen molar-refractivity contribution in [3.8, 4) is 5.75 Å². The number of para-hydroxylation sites is 1. The highest BCUT2D eigenvalue weighted by Gasteiger charge is 2.71. The Morgan fingerprint density at radius 1 is 1.00 bits per heavy atom. The van der Waals surface area contributed by atoms with Gasteiger partial charge in [-0.1, -0.05) is 61.9 Å². The summed E-state index contributed by atoms with van der Waals surface area (Å²) in [6.45, 7) is 6.90. The van der Waals surface area contributed by atoms with E-state index in [9.17, 15) is 19.5 Å². The third-order valence-electron chi connectivity index (χ3n) is 9.05. The number of anilines is 2. The number of benzene rings is 2. The fourth-order valence-electron chi connectivity index (χ4n) is 7.30. The van der Waals surface area contributed by atoms with Crippen LogP contribution in [0.4, 0.5) is 11.4 Å². The lowest BCUT2D eigenvalue weighted by atomic mass is 9.78. The summed E-state index contributed by atoms with van der Waals surface area (Å²) >= 11 is 8.11. The van der Waals surface area contributed by atoms with E-state index >= 15 is 0 Å². The summed E-state index contributed by atoms with van der Waals surface area (Å²) in [6.07, 6.45) is 8.44. The number of amides is 3. The van der Waals surface area contributed by atoms with Crippen molar-refractivity contribution < 1.29 is 24.2 Å². The summed E-state index contributed by atoms with van der Waals surface area (Å²) in [5.41, 5.74) is 1.29. The minimum Gasteiger partial charge on any atom is -0.494 e. The molecule has 1 N–H and O–H groups in total. The van der Waals surface area contributed by atoms with Crippen LogP contribution in [0.15, 0.2) is 72.8 Å². The van der Waals surface area contributed by atoms with Crippen molar-refractivity contribution in [2.45, 2.75) is 49.3 Å². The lowest BCUT2D eigenvalue weighted by Crippen LogP contribution is -2.57. The lowest BCUT2D eigenvalue weighted by molar-refractivity contribution is -0.142. The maximum absolute atomic E-state index is 14.7. The molecule has 44 heavy (non-hydrogen) atoms. The van der Waals surface area contributed by atoms with Gasteiger partial charge in [-0.2, -0.15) is 0 Å². The second-order valence-electron chi connectivity index (χ2n) is 12.2. The van der Waals surface area contributed by atoms with Crippen molar-refractivity contribution in [2.24, 2.45) is 17.8 Å². The number of likely N-dealkylation sites (tertiary alicyclic amines) is 1. The molecule has 2 saturated heterocycles. The fourth-order valence-corrected chi connectivity index (χ4v) is 9.53. The SMILES string of the molecule is CCOc1ccc(N2CC=C[C@H]3S[C@]45C=CCN(c6ccccc6Cl)C(=O)C4N([C@@H](CO)CC(C)C)C(=O)[C@@H]5[C@H]3C2=O)cc1. The van der Waals surface area contributed by atoms with Crippen molar-refractivity contribution in [2.75, 3.05) is 36.1 Å². The molecule has 4 heterocycles. The van der Waals surface area contributed by atoms with Gasteiger partial charge in [-0.05, 0) is 55.7 Å². The Bertz CT molecular complexity index is 1500. The highest BCUT2D eigenvalue weighted by Crippen LogP contribution is 2.61. The zero-order valence-electron chi connectivity index (χ0n) is 25.1. The molecule has 8 nitrogen and oxygen atoms in total. The Balaban J connectivity index is 1.44. The summed E-state index contributed by atoms with van der Waals surface area (Å²) < 4.78 is 4.60. The van der Waals surface area contributed by atoms with Crippen LogP contribution in [0.5, 0.6) is 5.75 Å². The zero-order chi connectivity index (χ0) is 31.2. The predicted octanol–water partition coefficient (Wildman–Crippen LogP) is 4.95. The number of ether oxygens (including phenoxy) is 1. The number of carbonyl (C=O) groups excluding carboxylic acids is 3. The molecule has 4 aliphatic rings. The largest absolute Gasteiger partial charge is 0.494 e. The number of carbonyl (C=O) groups is 3. The molecule has 3 amide bonds. The van der Waals surface area contributed by atoms with Gasteiger partial charge in [0.25, 0.3) is 5.91 Å². The highest BCUT2D eigenvalue weighted by molar-refractivity contribution is 8.02. The minimum atomic E-state index is -0.994. The summed E-state index contributed by atoms with van der Waals surface area (Å²) in [7, 11) is 0. The zero-order valence-corrected chi connectivity index (χ0v) is 26.7.